The molecule has 2 saturated heterocycles. The molecule has 28 heavy (non-hydrogen) atoms. The normalized spacial score (nSPS) is 19.3. The Hall–Kier alpha value is -3.16. The van der Waals surface area contributed by atoms with Crippen molar-refractivity contribution < 1.29 is 18.9 Å². The van der Waals surface area contributed by atoms with E-state index in [-0.39, 0.29) is 17.7 Å². The number of benzene rings is 1. The monoisotopic (exact) mass is 382 g/mol. The van der Waals surface area contributed by atoms with Crippen LogP contribution in [0.1, 0.15) is 41.8 Å². The highest BCUT2D eigenvalue weighted by Gasteiger charge is 2.35. The number of hydrogen-bond acceptors (Lipinski definition) is 5. The second-order valence-corrected chi connectivity index (χ2v) is 7.16. The van der Waals surface area contributed by atoms with E-state index < -0.39 is 6.04 Å². The Morgan fingerprint density at radius 2 is 1.96 bits per heavy atom. The van der Waals surface area contributed by atoms with Gasteiger partial charge < -0.3 is 19.6 Å². The standard InChI is InChI=1S/C20H22N4O4/c1-13-12-17(22-28-13)21-19(26)16-4-2-11-24(16)20(27)14-6-8-15(9-7-14)23-10-3-5-18(23)25/h6-9,12,16H,2-5,10-11H2,1H3,(H,21,22,26)/t16-/m0/s1. The Balaban J connectivity index is 1.45. The van der Waals surface area contributed by atoms with Gasteiger partial charge in [0.2, 0.25) is 11.8 Å². The number of anilines is 2. The van der Waals surface area contributed by atoms with Gasteiger partial charge in [0.1, 0.15) is 11.8 Å². The van der Waals surface area contributed by atoms with E-state index in [0.29, 0.717) is 43.1 Å². The molecule has 0 unspecified atom stereocenters. The number of aryl methyl sites for hydroxylation is 1. The Morgan fingerprint density at radius 3 is 2.61 bits per heavy atom. The Morgan fingerprint density at radius 1 is 1.18 bits per heavy atom. The van der Waals surface area contributed by atoms with Crippen LogP contribution in [-0.2, 0) is 9.59 Å². The Labute approximate surface area is 162 Å². The van der Waals surface area contributed by atoms with Crippen molar-refractivity contribution in [1.29, 1.82) is 0 Å². The summed E-state index contributed by atoms with van der Waals surface area (Å²) in [4.78, 5) is 40.7. The van der Waals surface area contributed by atoms with Crippen LogP contribution in [0.4, 0.5) is 11.5 Å². The summed E-state index contributed by atoms with van der Waals surface area (Å²) in [7, 11) is 0. The Kier molecular flexibility index (Phi) is 4.85. The molecule has 1 atom stereocenters. The first-order valence-electron chi connectivity index (χ1n) is 9.48. The van der Waals surface area contributed by atoms with E-state index in [2.05, 4.69) is 10.5 Å². The van der Waals surface area contributed by atoms with Crippen molar-refractivity contribution in [2.45, 2.75) is 38.6 Å². The van der Waals surface area contributed by atoms with E-state index in [9.17, 15) is 14.4 Å². The van der Waals surface area contributed by atoms with E-state index in [0.717, 1.165) is 18.5 Å². The van der Waals surface area contributed by atoms with Gasteiger partial charge in [0.05, 0.1) is 0 Å². The fraction of sp³-hybridized carbons (Fsp3) is 0.400. The molecule has 0 saturated carbocycles. The number of nitrogens with one attached hydrogen (secondary N) is 1. The molecule has 8 nitrogen and oxygen atoms in total. The molecule has 1 N–H and O–H groups in total. The van der Waals surface area contributed by atoms with Crippen LogP contribution < -0.4 is 10.2 Å². The summed E-state index contributed by atoms with van der Waals surface area (Å²) in [5.41, 5.74) is 1.31. The summed E-state index contributed by atoms with van der Waals surface area (Å²) < 4.78 is 4.96. The van der Waals surface area contributed by atoms with Gasteiger partial charge in [0.15, 0.2) is 5.82 Å². The van der Waals surface area contributed by atoms with E-state index in [1.54, 1.807) is 47.1 Å². The first kappa shape index (κ1) is 18.2. The number of carbonyl (C=O) groups is 3. The molecule has 2 fully saturated rings. The number of nitrogens with zero attached hydrogens (tertiary/aromatic N) is 3. The van der Waals surface area contributed by atoms with Gasteiger partial charge in [-0.15, -0.1) is 0 Å². The molecule has 3 amide bonds. The third-order valence-corrected chi connectivity index (χ3v) is 5.19. The predicted molar refractivity (Wildman–Crippen MR) is 102 cm³/mol. The first-order valence-corrected chi connectivity index (χ1v) is 9.48. The maximum atomic E-state index is 12.9. The highest BCUT2D eigenvalue weighted by molar-refractivity contribution is 6.02. The van der Waals surface area contributed by atoms with E-state index in [4.69, 9.17) is 4.52 Å². The van der Waals surface area contributed by atoms with Crippen LogP contribution in [0.5, 0.6) is 0 Å². The van der Waals surface area contributed by atoms with Gasteiger partial charge in [-0.05, 0) is 50.5 Å². The van der Waals surface area contributed by atoms with E-state index in [1.165, 1.54) is 0 Å². The molecule has 2 aliphatic heterocycles. The predicted octanol–water partition coefficient (Wildman–Crippen LogP) is 2.35. The summed E-state index contributed by atoms with van der Waals surface area (Å²) in [6.07, 6.45) is 2.79. The third kappa shape index (κ3) is 3.49. The van der Waals surface area contributed by atoms with Crippen molar-refractivity contribution in [2.75, 3.05) is 23.3 Å². The van der Waals surface area contributed by atoms with Crippen molar-refractivity contribution in [3.63, 3.8) is 0 Å². The van der Waals surface area contributed by atoms with Gasteiger partial charge in [-0.2, -0.15) is 0 Å². The van der Waals surface area contributed by atoms with Gasteiger partial charge in [-0.3, -0.25) is 14.4 Å². The molecule has 0 spiro atoms. The summed E-state index contributed by atoms with van der Waals surface area (Å²) in [6.45, 7) is 2.98. The van der Waals surface area contributed by atoms with Crippen LogP contribution in [0, 0.1) is 6.92 Å². The fourth-order valence-corrected chi connectivity index (χ4v) is 3.79. The molecular formula is C20H22N4O4. The molecule has 2 aliphatic rings. The number of carbonyl (C=O) groups excluding carboxylic acids is 3. The van der Waals surface area contributed by atoms with Crippen LogP contribution >= 0.6 is 0 Å². The minimum atomic E-state index is -0.538. The first-order chi connectivity index (χ1) is 13.5. The minimum absolute atomic E-state index is 0.110. The topological polar surface area (TPSA) is 95.8 Å². The molecule has 4 rings (SSSR count). The highest BCUT2D eigenvalue weighted by atomic mass is 16.5. The minimum Gasteiger partial charge on any atom is -0.360 e. The Bertz CT molecular complexity index is 905. The molecule has 2 aromatic rings. The van der Waals surface area contributed by atoms with Crippen molar-refractivity contribution in [3.8, 4) is 0 Å². The zero-order chi connectivity index (χ0) is 19.7. The van der Waals surface area contributed by atoms with Crippen LogP contribution in [0.3, 0.4) is 0 Å². The molecule has 3 heterocycles. The molecule has 1 aromatic heterocycles. The summed E-state index contributed by atoms with van der Waals surface area (Å²) in [5.74, 6) is 0.609. The van der Waals surface area contributed by atoms with Crippen LogP contribution in [0.15, 0.2) is 34.9 Å². The van der Waals surface area contributed by atoms with Gasteiger partial charge >= 0.3 is 0 Å². The highest BCUT2D eigenvalue weighted by Crippen LogP contribution is 2.25. The van der Waals surface area contributed by atoms with Gasteiger partial charge in [-0.1, -0.05) is 5.16 Å². The molecule has 146 valence electrons. The van der Waals surface area contributed by atoms with Crippen LogP contribution in [0.2, 0.25) is 0 Å². The molecule has 8 heteroatoms. The van der Waals surface area contributed by atoms with Crippen LogP contribution in [0.25, 0.3) is 0 Å². The summed E-state index contributed by atoms with van der Waals surface area (Å²) in [5, 5.41) is 6.48. The second-order valence-electron chi connectivity index (χ2n) is 7.16. The molecule has 0 bridgehead atoms. The lowest BCUT2D eigenvalue weighted by atomic mass is 10.1. The lowest BCUT2D eigenvalue weighted by Gasteiger charge is -2.24. The van der Waals surface area contributed by atoms with E-state index in [1.807, 2.05) is 0 Å². The summed E-state index contributed by atoms with van der Waals surface area (Å²) >= 11 is 0. The zero-order valence-corrected chi connectivity index (χ0v) is 15.7. The maximum Gasteiger partial charge on any atom is 0.254 e. The zero-order valence-electron chi connectivity index (χ0n) is 15.7. The van der Waals surface area contributed by atoms with Gasteiger partial charge in [0.25, 0.3) is 5.91 Å². The number of rotatable bonds is 4. The fourth-order valence-electron chi connectivity index (χ4n) is 3.79. The number of aromatic nitrogens is 1. The number of hydrogen-bond donors (Lipinski definition) is 1. The lowest BCUT2D eigenvalue weighted by molar-refractivity contribution is -0.120. The van der Waals surface area contributed by atoms with Crippen molar-refractivity contribution in [1.82, 2.24) is 10.1 Å². The lowest BCUT2D eigenvalue weighted by Crippen LogP contribution is -2.43. The summed E-state index contributed by atoms with van der Waals surface area (Å²) in [6, 6.07) is 8.12. The average molecular weight is 382 g/mol. The van der Waals surface area contributed by atoms with Crippen molar-refractivity contribution >= 4 is 29.2 Å². The quantitative estimate of drug-likeness (QED) is 0.876. The SMILES string of the molecule is Cc1cc(NC(=O)[C@@H]2CCCN2C(=O)c2ccc(N3CCCC3=O)cc2)no1. The third-order valence-electron chi connectivity index (χ3n) is 5.19. The second kappa shape index (κ2) is 7.46. The smallest absolute Gasteiger partial charge is 0.254 e. The van der Waals surface area contributed by atoms with Crippen LogP contribution in [-0.4, -0.2) is 46.9 Å². The van der Waals surface area contributed by atoms with E-state index >= 15 is 0 Å². The molecule has 0 radical (unpaired) electrons. The number of amides is 3. The van der Waals surface area contributed by atoms with Gasteiger partial charge in [0, 0.05) is 36.8 Å². The van der Waals surface area contributed by atoms with Crippen molar-refractivity contribution in [3.05, 3.63) is 41.7 Å². The maximum absolute atomic E-state index is 12.9. The number of likely N-dealkylation sites (tertiary alicyclic amines) is 1. The average Bonchev–Trinajstić information content (AvgIpc) is 3.42. The van der Waals surface area contributed by atoms with Crippen molar-refractivity contribution in [2.24, 2.45) is 0 Å². The largest absolute Gasteiger partial charge is 0.360 e. The molecular weight excluding hydrogens is 360 g/mol. The molecule has 1 aromatic carbocycles. The van der Waals surface area contributed by atoms with Gasteiger partial charge in [-0.25, -0.2) is 0 Å². The molecule has 0 aliphatic carbocycles.